The second-order valence-corrected chi connectivity index (χ2v) is 6.17. The first-order valence-electron chi connectivity index (χ1n) is 6.13. The van der Waals surface area contributed by atoms with E-state index in [1.54, 1.807) is 0 Å². The SMILES string of the molecule is N[C@@]12C[C@@H]3C[C@@H](C[C@@H](C(F)F)[C@@H](C3)C1)C2. The summed E-state index contributed by atoms with van der Waals surface area (Å²) in [5, 5.41) is 0. The van der Waals surface area contributed by atoms with Gasteiger partial charge in [-0.1, -0.05) is 0 Å². The number of rotatable bonds is 1. The Labute approximate surface area is 89.4 Å². The lowest BCUT2D eigenvalue weighted by Crippen LogP contribution is -2.50. The summed E-state index contributed by atoms with van der Waals surface area (Å²) in [6.45, 7) is 0. The number of nitrogens with two attached hydrogens (primary N) is 1. The third kappa shape index (κ3) is 1.59. The smallest absolute Gasteiger partial charge is 0.241 e. The lowest BCUT2D eigenvalue weighted by atomic mass is 9.63. The van der Waals surface area contributed by atoms with E-state index < -0.39 is 6.43 Å². The molecular weight excluding hydrogens is 196 g/mol. The average molecular weight is 215 g/mol. The second-order valence-electron chi connectivity index (χ2n) is 6.17. The lowest BCUT2D eigenvalue weighted by Gasteiger charge is -2.46. The number of alkyl halides is 2. The van der Waals surface area contributed by atoms with Crippen LogP contribution < -0.4 is 5.73 Å². The molecule has 15 heavy (non-hydrogen) atoms. The normalized spacial score (nSPS) is 53.6. The number of fused-ring (bicyclic) bond motifs is 1. The van der Waals surface area contributed by atoms with Crippen LogP contribution in [-0.2, 0) is 0 Å². The molecule has 3 heteroatoms. The van der Waals surface area contributed by atoms with Gasteiger partial charge in [0.25, 0.3) is 0 Å². The fraction of sp³-hybridized carbons (Fsp3) is 1.00. The van der Waals surface area contributed by atoms with E-state index in [9.17, 15) is 8.78 Å². The first-order valence-corrected chi connectivity index (χ1v) is 6.13. The van der Waals surface area contributed by atoms with Gasteiger partial charge in [-0.15, -0.1) is 0 Å². The Hall–Kier alpha value is -0.180. The van der Waals surface area contributed by atoms with Gasteiger partial charge in [-0.25, -0.2) is 8.78 Å². The summed E-state index contributed by atoms with van der Waals surface area (Å²) < 4.78 is 25.9. The maximum absolute atomic E-state index is 13.0. The van der Waals surface area contributed by atoms with Crippen molar-refractivity contribution in [1.29, 1.82) is 0 Å². The molecule has 4 fully saturated rings. The van der Waals surface area contributed by atoms with Gasteiger partial charge in [-0.2, -0.15) is 0 Å². The molecule has 4 saturated carbocycles. The van der Waals surface area contributed by atoms with Crippen molar-refractivity contribution in [3.8, 4) is 0 Å². The van der Waals surface area contributed by atoms with E-state index in [1.165, 1.54) is 6.42 Å². The molecule has 1 nitrogen and oxygen atoms in total. The molecule has 0 radical (unpaired) electrons. The largest absolute Gasteiger partial charge is 0.325 e. The average Bonchev–Trinajstić information content (AvgIpc) is 2.26. The molecule has 4 aliphatic rings. The summed E-state index contributed by atoms with van der Waals surface area (Å²) in [6, 6.07) is 0. The quantitative estimate of drug-likeness (QED) is 0.715. The molecule has 4 rings (SSSR count). The zero-order chi connectivity index (χ0) is 10.6. The third-order valence-corrected chi connectivity index (χ3v) is 4.90. The summed E-state index contributed by atoms with van der Waals surface area (Å²) >= 11 is 0. The Morgan fingerprint density at radius 3 is 2.27 bits per heavy atom. The van der Waals surface area contributed by atoms with E-state index in [2.05, 4.69) is 0 Å². The molecule has 0 spiro atoms. The maximum Gasteiger partial charge on any atom is 0.241 e. The van der Waals surface area contributed by atoms with Gasteiger partial charge in [0.05, 0.1) is 0 Å². The van der Waals surface area contributed by atoms with Crippen molar-refractivity contribution in [2.24, 2.45) is 29.4 Å². The summed E-state index contributed by atoms with van der Waals surface area (Å²) in [5.41, 5.74) is 6.26. The molecule has 2 N–H and O–H groups in total. The van der Waals surface area contributed by atoms with Gasteiger partial charge in [0.15, 0.2) is 0 Å². The zero-order valence-corrected chi connectivity index (χ0v) is 8.96. The molecule has 0 saturated heterocycles. The topological polar surface area (TPSA) is 26.0 Å². The summed E-state index contributed by atoms with van der Waals surface area (Å²) in [5.74, 6) is 0.989. The molecule has 0 amide bonds. The minimum Gasteiger partial charge on any atom is -0.325 e. The summed E-state index contributed by atoms with van der Waals surface area (Å²) in [4.78, 5) is 0. The Morgan fingerprint density at radius 2 is 1.67 bits per heavy atom. The number of hydrogen-bond donors (Lipinski definition) is 1. The van der Waals surface area contributed by atoms with Crippen molar-refractivity contribution < 1.29 is 8.78 Å². The highest BCUT2D eigenvalue weighted by molar-refractivity contribution is 5.04. The van der Waals surface area contributed by atoms with Crippen LogP contribution in [0.25, 0.3) is 0 Å². The minimum atomic E-state index is -2.13. The van der Waals surface area contributed by atoms with Crippen LogP contribution in [0.5, 0.6) is 0 Å². The second kappa shape index (κ2) is 3.16. The van der Waals surface area contributed by atoms with Crippen LogP contribution in [0.1, 0.15) is 38.5 Å². The van der Waals surface area contributed by atoms with Crippen molar-refractivity contribution in [2.45, 2.75) is 50.5 Å². The molecule has 0 aromatic carbocycles. The Bertz CT molecular complexity index is 268. The van der Waals surface area contributed by atoms with Crippen LogP contribution in [0.3, 0.4) is 0 Å². The minimum absolute atomic E-state index is 0.0832. The van der Waals surface area contributed by atoms with Gasteiger partial charge >= 0.3 is 0 Å². The molecule has 4 bridgehead atoms. The monoisotopic (exact) mass is 215 g/mol. The van der Waals surface area contributed by atoms with Gasteiger partial charge in [-0.3, -0.25) is 0 Å². The standard InChI is InChI=1S/C12H19F2N/c13-11(14)10-3-8-1-7-2-9(10)6-12(15,4-7)5-8/h7-11H,1-6,15H2/t7-,8+,9+,10-,12-/m1/s1. The molecule has 86 valence electrons. The predicted octanol–water partition coefficient (Wildman–Crippen LogP) is 2.80. The van der Waals surface area contributed by atoms with Gasteiger partial charge in [0.1, 0.15) is 0 Å². The van der Waals surface area contributed by atoms with Gasteiger partial charge in [-0.05, 0) is 56.3 Å². The van der Waals surface area contributed by atoms with Crippen molar-refractivity contribution in [3.63, 3.8) is 0 Å². The zero-order valence-electron chi connectivity index (χ0n) is 8.96. The Kier molecular flexibility index (Phi) is 2.11. The van der Waals surface area contributed by atoms with Crippen LogP contribution in [0.15, 0.2) is 0 Å². The molecule has 0 aliphatic heterocycles. The first-order chi connectivity index (χ1) is 7.06. The van der Waals surface area contributed by atoms with Gasteiger partial charge in [0, 0.05) is 11.5 Å². The van der Waals surface area contributed by atoms with Crippen LogP contribution in [0, 0.1) is 23.7 Å². The molecular formula is C12H19F2N. The molecule has 0 aromatic rings. The molecule has 0 unspecified atom stereocenters. The molecule has 0 heterocycles. The Morgan fingerprint density at radius 1 is 1.00 bits per heavy atom. The highest BCUT2D eigenvalue weighted by Gasteiger charge is 2.51. The summed E-state index contributed by atoms with van der Waals surface area (Å²) in [6.07, 6.45) is 3.74. The van der Waals surface area contributed by atoms with Gasteiger partial charge in [0.2, 0.25) is 6.43 Å². The Balaban J connectivity index is 1.90. The van der Waals surface area contributed by atoms with E-state index in [0.717, 1.165) is 32.1 Å². The van der Waals surface area contributed by atoms with Crippen molar-refractivity contribution in [1.82, 2.24) is 0 Å². The highest BCUT2D eigenvalue weighted by Crippen LogP contribution is 2.55. The van der Waals surface area contributed by atoms with Gasteiger partial charge < -0.3 is 5.73 Å². The van der Waals surface area contributed by atoms with Crippen molar-refractivity contribution >= 4 is 0 Å². The maximum atomic E-state index is 13.0. The predicted molar refractivity (Wildman–Crippen MR) is 54.6 cm³/mol. The third-order valence-electron chi connectivity index (χ3n) is 4.90. The molecule has 5 atom stereocenters. The lowest BCUT2D eigenvalue weighted by molar-refractivity contribution is 0.0218. The van der Waals surface area contributed by atoms with E-state index in [1.807, 2.05) is 0 Å². The van der Waals surface area contributed by atoms with Crippen molar-refractivity contribution in [3.05, 3.63) is 0 Å². The fourth-order valence-electron chi connectivity index (χ4n) is 4.64. The van der Waals surface area contributed by atoms with E-state index in [-0.39, 0.29) is 17.4 Å². The summed E-state index contributed by atoms with van der Waals surface area (Å²) in [7, 11) is 0. The fourth-order valence-corrected chi connectivity index (χ4v) is 4.64. The van der Waals surface area contributed by atoms with Crippen LogP contribution in [0.2, 0.25) is 0 Å². The highest BCUT2D eigenvalue weighted by atomic mass is 19.3. The van der Waals surface area contributed by atoms with Crippen LogP contribution >= 0.6 is 0 Å². The van der Waals surface area contributed by atoms with Crippen LogP contribution in [-0.4, -0.2) is 12.0 Å². The number of hydrogen-bond acceptors (Lipinski definition) is 1. The molecule has 4 aliphatic carbocycles. The van der Waals surface area contributed by atoms with E-state index >= 15 is 0 Å². The van der Waals surface area contributed by atoms with E-state index in [0.29, 0.717) is 11.8 Å². The van der Waals surface area contributed by atoms with E-state index in [4.69, 9.17) is 5.73 Å². The van der Waals surface area contributed by atoms with Crippen LogP contribution in [0.4, 0.5) is 8.78 Å². The van der Waals surface area contributed by atoms with Crippen molar-refractivity contribution in [2.75, 3.05) is 0 Å². The molecule has 0 aromatic heterocycles. The number of halogens is 2. The first kappa shape index (κ1) is 10.0.